The van der Waals surface area contributed by atoms with Gasteiger partial charge in [0.1, 0.15) is 0 Å². The highest BCUT2D eigenvalue weighted by Crippen LogP contribution is 2.41. The smallest absolute Gasteiger partial charge is 0.309 e. The summed E-state index contributed by atoms with van der Waals surface area (Å²) in [4.78, 5) is 11.0. The maximum absolute atomic E-state index is 11.0. The first-order valence-electron chi connectivity index (χ1n) is 4.19. The van der Waals surface area contributed by atoms with Crippen LogP contribution in [-0.4, -0.2) is 35.5 Å². The van der Waals surface area contributed by atoms with Gasteiger partial charge in [-0.1, -0.05) is 0 Å². The summed E-state index contributed by atoms with van der Waals surface area (Å²) in [6.07, 6.45) is -0.0767. The van der Waals surface area contributed by atoms with E-state index in [1.807, 2.05) is 0 Å². The van der Waals surface area contributed by atoms with E-state index in [9.17, 15) is 9.90 Å². The van der Waals surface area contributed by atoms with Crippen LogP contribution >= 0.6 is 0 Å². The number of cyclic esters (lactones) is 1. The number of ether oxygens (including phenoxy) is 1. The topological polar surface area (TPSA) is 66.8 Å². The fraction of sp³-hybridized carbons (Fsp3) is 0.875. The summed E-state index contributed by atoms with van der Waals surface area (Å²) in [5.74, 6) is -0.508. The molecule has 2 aliphatic rings. The van der Waals surface area contributed by atoms with Crippen molar-refractivity contribution >= 4 is 5.97 Å². The van der Waals surface area contributed by atoms with E-state index < -0.39 is 6.10 Å². The molecule has 0 bridgehead atoms. The van der Waals surface area contributed by atoms with E-state index in [0.717, 1.165) is 0 Å². The average molecular weight is 172 g/mol. The van der Waals surface area contributed by atoms with Gasteiger partial charge in [0.05, 0.1) is 18.6 Å². The molecule has 0 aromatic carbocycles. The van der Waals surface area contributed by atoms with Gasteiger partial charge in [-0.15, -0.1) is 0 Å². The zero-order valence-electron chi connectivity index (χ0n) is 6.64. The van der Waals surface area contributed by atoms with Crippen molar-refractivity contribution in [3.05, 3.63) is 0 Å². The Morgan fingerprint density at radius 3 is 3.00 bits per heavy atom. The second-order valence-electron chi connectivity index (χ2n) is 3.55. The summed E-state index contributed by atoms with van der Waals surface area (Å²) in [5.41, 5.74) is 0. The standard InChI is InChI=1S/C8H12O4/c9-2-5-6-3-12-8(11)4(6)1-7(5)10/h4-7,9-10H,1-3H2. The van der Waals surface area contributed by atoms with Crippen LogP contribution in [-0.2, 0) is 9.53 Å². The maximum atomic E-state index is 11.0. The van der Waals surface area contributed by atoms with Crippen LogP contribution in [0.2, 0.25) is 0 Å². The highest BCUT2D eigenvalue weighted by Gasteiger charge is 2.50. The van der Waals surface area contributed by atoms with Gasteiger partial charge >= 0.3 is 5.97 Å². The van der Waals surface area contributed by atoms with Crippen LogP contribution in [0.25, 0.3) is 0 Å². The number of esters is 1. The second kappa shape index (κ2) is 2.71. The van der Waals surface area contributed by atoms with Crippen LogP contribution < -0.4 is 0 Å². The molecule has 0 spiro atoms. The highest BCUT2D eigenvalue weighted by atomic mass is 16.5. The van der Waals surface area contributed by atoms with Crippen molar-refractivity contribution in [1.82, 2.24) is 0 Å². The largest absolute Gasteiger partial charge is 0.465 e. The quantitative estimate of drug-likeness (QED) is 0.505. The van der Waals surface area contributed by atoms with E-state index in [-0.39, 0.29) is 30.3 Å². The summed E-state index contributed by atoms with van der Waals surface area (Å²) < 4.78 is 4.84. The summed E-state index contributed by atoms with van der Waals surface area (Å²) in [6, 6.07) is 0. The molecule has 4 unspecified atom stereocenters. The molecule has 2 fully saturated rings. The summed E-state index contributed by atoms with van der Waals surface area (Å²) in [5, 5.41) is 18.4. The average Bonchev–Trinajstić information content (AvgIpc) is 2.52. The van der Waals surface area contributed by atoms with Gasteiger partial charge in [0.15, 0.2) is 0 Å². The van der Waals surface area contributed by atoms with E-state index in [1.165, 1.54) is 0 Å². The first-order chi connectivity index (χ1) is 5.74. The van der Waals surface area contributed by atoms with Crippen molar-refractivity contribution < 1.29 is 19.7 Å². The lowest BCUT2D eigenvalue weighted by Gasteiger charge is -2.15. The normalized spacial score (nSPS) is 46.0. The van der Waals surface area contributed by atoms with Crippen LogP contribution in [0.4, 0.5) is 0 Å². The molecule has 2 rings (SSSR count). The number of aliphatic hydroxyl groups excluding tert-OH is 2. The van der Waals surface area contributed by atoms with Crippen molar-refractivity contribution in [2.45, 2.75) is 12.5 Å². The molecule has 0 radical (unpaired) electrons. The van der Waals surface area contributed by atoms with Crippen LogP contribution in [0.5, 0.6) is 0 Å². The van der Waals surface area contributed by atoms with Crippen LogP contribution in [0.1, 0.15) is 6.42 Å². The number of hydrogen-bond acceptors (Lipinski definition) is 4. The Balaban J connectivity index is 2.15. The van der Waals surface area contributed by atoms with E-state index in [4.69, 9.17) is 9.84 Å². The number of fused-ring (bicyclic) bond motifs is 1. The number of hydrogen-bond donors (Lipinski definition) is 2. The number of rotatable bonds is 1. The molecule has 0 amide bonds. The molecule has 1 aliphatic carbocycles. The molecule has 4 atom stereocenters. The van der Waals surface area contributed by atoms with Gasteiger partial charge in [-0.3, -0.25) is 4.79 Å². The molecule has 1 aliphatic heterocycles. The lowest BCUT2D eigenvalue weighted by atomic mass is 9.92. The minimum absolute atomic E-state index is 0.0394. The lowest BCUT2D eigenvalue weighted by Crippen LogP contribution is -2.24. The number of carbonyl (C=O) groups excluding carboxylic acids is 1. The van der Waals surface area contributed by atoms with Crippen LogP contribution in [0.15, 0.2) is 0 Å². The summed E-state index contributed by atoms with van der Waals surface area (Å²) in [7, 11) is 0. The molecule has 68 valence electrons. The fourth-order valence-corrected chi connectivity index (χ4v) is 2.25. The molecule has 0 aromatic heterocycles. The Morgan fingerprint density at radius 2 is 2.33 bits per heavy atom. The zero-order valence-corrected chi connectivity index (χ0v) is 6.64. The molecule has 0 aromatic rings. The Labute approximate surface area is 70.1 Å². The third kappa shape index (κ3) is 0.949. The van der Waals surface area contributed by atoms with E-state index in [1.54, 1.807) is 0 Å². The fourth-order valence-electron chi connectivity index (χ4n) is 2.25. The number of carbonyl (C=O) groups is 1. The minimum atomic E-state index is -0.530. The molecular weight excluding hydrogens is 160 g/mol. The predicted molar refractivity (Wildman–Crippen MR) is 39.1 cm³/mol. The Kier molecular flexibility index (Phi) is 1.81. The number of aliphatic hydroxyl groups is 2. The van der Waals surface area contributed by atoms with Gasteiger partial charge < -0.3 is 14.9 Å². The van der Waals surface area contributed by atoms with Gasteiger partial charge in [-0.05, 0) is 6.42 Å². The van der Waals surface area contributed by atoms with Gasteiger partial charge in [-0.2, -0.15) is 0 Å². The molecule has 1 saturated carbocycles. The molecule has 1 heterocycles. The van der Waals surface area contributed by atoms with Gasteiger partial charge in [-0.25, -0.2) is 0 Å². The molecular formula is C8H12O4. The Hall–Kier alpha value is -0.610. The summed E-state index contributed by atoms with van der Waals surface area (Å²) in [6.45, 7) is 0.310. The van der Waals surface area contributed by atoms with Crippen LogP contribution in [0.3, 0.4) is 0 Å². The minimum Gasteiger partial charge on any atom is -0.465 e. The van der Waals surface area contributed by atoms with Crippen molar-refractivity contribution in [1.29, 1.82) is 0 Å². The van der Waals surface area contributed by atoms with E-state index in [2.05, 4.69) is 0 Å². The van der Waals surface area contributed by atoms with Crippen molar-refractivity contribution in [3.63, 3.8) is 0 Å². The molecule has 2 N–H and O–H groups in total. The Morgan fingerprint density at radius 1 is 1.58 bits per heavy atom. The van der Waals surface area contributed by atoms with Crippen molar-refractivity contribution in [3.8, 4) is 0 Å². The van der Waals surface area contributed by atoms with Crippen molar-refractivity contribution in [2.75, 3.05) is 13.2 Å². The molecule has 12 heavy (non-hydrogen) atoms. The van der Waals surface area contributed by atoms with Gasteiger partial charge in [0, 0.05) is 18.4 Å². The van der Waals surface area contributed by atoms with Crippen molar-refractivity contribution in [2.24, 2.45) is 17.8 Å². The highest BCUT2D eigenvalue weighted by molar-refractivity contribution is 5.75. The second-order valence-corrected chi connectivity index (χ2v) is 3.55. The van der Waals surface area contributed by atoms with Gasteiger partial charge in [0.2, 0.25) is 0 Å². The first-order valence-corrected chi connectivity index (χ1v) is 4.19. The summed E-state index contributed by atoms with van der Waals surface area (Å²) >= 11 is 0. The lowest BCUT2D eigenvalue weighted by molar-refractivity contribution is -0.141. The third-order valence-corrected chi connectivity index (χ3v) is 2.99. The van der Waals surface area contributed by atoms with Gasteiger partial charge in [0.25, 0.3) is 0 Å². The first kappa shape index (κ1) is 8.01. The molecule has 1 saturated heterocycles. The third-order valence-electron chi connectivity index (χ3n) is 2.99. The Bertz CT molecular complexity index is 203. The van der Waals surface area contributed by atoms with Crippen LogP contribution in [0, 0.1) is 17.8 Å². The van der Waals surface area contributed by atoms with E-state index >= 15 is 0 Å². The maximum Gasteiger partial charge on any atom is 0.309 e. The molecule has 4 heteroatoms. The van der Waals surface area contributed by atoms with E-state index in [0.29, 0.717) is 13.0 Å². The molecule has 4 nitrogen and oxygen atoms in total. The zero-order chi connectivity index (χ0) is 8.72. The SMILES string of the molecule is O=C1OCC2C1CC(O)C2CO. The predicted octanol–water partition coefficient (Wildman–Crippen LogP) is -0.851. The monoisotopic (exact) mass is 172 g/mol.